The van der Waals surface area contributed by atoms with Crippen molar-refractivity contribution < 1.29 is 34.8 Å². The maximum absolute atomic E-state index is 13.3. The molecule has 0 bridgehead atoms. The molecule has 264 valence electrons. The number of pyridine rings is 1. The van der Waals surface area contributed by atoms with Crippen molar-refractivity contribution in [3.8, 4) is 11.5 Å². The first-order valence-electron chi connectivity index (χ1n) is 17.0. The number of phenolic OH excluding ortho intramolecular Hbond substituents is 1. The zero-order valence-corrected chi connectivity index (χ0v) is 28.0. The van der Waals surface area contributed by atoms with Gasteiger partial charge in [0.15, 0.2) is 0 Å². The number of aliphatic carboxylic acids is 1. The van der Waals surface area contributed by atoms with E-state index in [4.69, 9.17) is 4.74 Å². The van der Waals surface area contributed by atoms with Crippen LogP contribution < -0.4 is 15.6 Å². The van der Waals surface area contributed by atoms with Crippen LogP contribution in [0.2, 0.25) is 0 Å². The van der Waals surface area contributed by atoms with Gasteiger partial charge in [0.25, 0.3) is 5.91 Å². The molecule has 6 rings (SSSR count). The number of hydrogen-bond donors (Lipinski definition) is 6. The third-order valence-electron chi connectivity index (χ3n) is 9.54. The van der Waals surface area contributed by atoms with Gasteiger partial charge < -0.3 is 40.4 Å². The molecule has 11 nitrogen and oxygen atoms in total. The molecule has 2 heterocycles. The summed E-state index contributed by atoms with van der Waals surface area (Å²) in [7, 11) is 0. The SMILES string of the molecule is O=C(c1ccc(CCNC[C@H](O)c2ccc(O)c3[nH]c(=O)ccc23)cc1)N1CCC(COc2cccc([C@](O)(C(=O)O)c3ccccc3)c2)CC1. The number of amides is 1. The monoisotopic (exact) mass is 691 g/mol. The zero-order valence-electron chi connectivity index (χ0n) is 28.0. The first kappa shape index (κ1) is 35.3. The number of ether oxygens (including phenoxy) is 1. The number of nitrogens with one attached hydrogen (secondary N) is 2. The quantitative estimate of drug-likeness (QED) is 0.0982. The van der Waals surface area contributed by atoms with Crippen LogP contribution in [0, 0.1) is 5.92 Å². The number of carboxylic acid groups (broad SMARTS) is 1. The number of carboxylic acids is 1. The Morgan fingerprint density at radius 2 is 1.65 bits per heavy atom. The highest BCUT2D eigenvalue weighted by Gasteiger charge is 2.40. The van der Waals surface area contributed by atoms with Gasteiger partial charge in [-0.25, -0.2) is 4.79 Å². The molecule has 0 aliphatic carbocycles. The molecular formula is C40H41N3O8. The molecule has 0 saturated carbocycles. The molecule has 1 saturated heterocycles. The van der Waals surface area contributed by atoms with E-state index >= 15 is 0 Å². The molecule has 51 heavy (non-hydrogen) atoms. The number of H-pyrrole nitrogens is 1. The summed E-state index contributed by atoms with van der Waals surface area (Å²) in [4.78, 5) is 41.5. The van der Waals surface area contributed by atoms with E-state index < -0.39 is 17.7 Å². The number of fused-ring (bicyclic) bond motifs is 1. The molecule has 0 radical (unpaired) electrons. The van der Waals surface area contributed by atoms with Crippen molar-refractivity contribution in [2.24, 2.45) is 5.92 Å². The fourth-order valence-electron chi connectivity index (χ4n) is 6.55. The van der Waals surface area contributed by atoms with Gasteiger partial charge in [0.1, 0.15) is 11.5 Å². The van der Waals surface area contributed by atoms with Gasteiger partial charge in [-0.3, -0.25) is 9.59 Å². The average molecular weight is 692 g/mol. The van der Waals surface area contributed by atoms with E-state index in [1.807, 2.05) is 29.2 Å². The molecule has 5 aromatic rings. The Bertz CT molecular complexity index is 2040. The summed E-state index contributed by atoms with van der Waals surface area (Å²) in [5, 5.41) is 45.8. The molecule has 0 unspecified atom stereocenters. The van der Waals surface area contributed by atoms with Crippen LogP contribution in [0.3, 0.4) is 0 Å². The number of hydrogen-bond acceptors (Lipinski definition) is 8. The number of phenols is 1. The van der Waals surface area contributed by atoms with Crippen molar-refractivity contribution in [2.75, 3.05) is 32.8 Å². The van der Waals surface area contributed by atoms with Crippen LogP contribution in [0.25, 0.3) is 10.9 Å². The molecule has 1 aromatic heterocycles. The van der Waals surface area contributed by atoms with Gasteiger partial charge >= 0.3 is 5.97 Å². The van der Waals surface area contributed by atoms with Crippen LogP contribution in [0.4, 0.5) is 0 Å². The summed E-state index contributed by atoms with van der Waals surface area (Å²) >= 11 is 0. The Morgan fingerprint density at radius 1 is 0.922 bits per heavy atom. The third kappa shape index (κ3) is 7.96. The number of aromatic nitrogens is 1. The smallest absolute Gasteiger partial charge is 0.345 e. The highest BCUT2D eigenvalue weighted by atomic mass is 16.5. The Morgan fingerprint density at radius 3 is 2.37 bits per heavy atom. The predicted molar refractivity (Wildman–Crippen MR) is 192 cm³/mol. The maximum Gasteiger partial charge on any atom is 0.345 e. The van der Waals surface area contributed by atoms with Gasteiger partial charge in [-0.1, -0.05) is 60.7 Å². The van der Waals surface area contributed by atoms with E-state index in [1.54, 1.807) is 66.7 Å². The molecule has 2 atom stereocenters. The highest BCUT2D eigenvalue weighted by molar-refractivity contribution is 5.94. The summed E-state index contributed by atoms with van der Waals surface area (Å²) in [6.45, 7) is 2.49. The number of piperidine rings is 1. The van der Waals surface area contributed by atoms with E-state index in [0.717, 1.165) is 18.4 Å². The Balaban J connectivity index is 0.949. The van der Waals surface area contributed by atoms with Gasteiger partial charge in [-0.2, -0.15) is 0 Å². The minimum Gasteiger partial charge on any atom is -0.506 e. The Labute approximate surface area is 294 Å². The highest BCUT2D eigenvalue weighted by Crippen LogP contribution is 2.33. The van der Waals surface area contributed by atoms with Crippen molar-refractivity contribution in [3.63, 3.8) is 0 Å². The van der Waals surface area contributed by atoms with Crippen LogP contribution in [0.15, 0.2) is 108 Å². The van der Waals surface area contributed by atoms with E-state index in [9.17, 15) is 34.8 Å². The van der Waals surface area contributed by atoms with E-state index in [1.165, 1.54) is 12.1 Å². The van der Waals surface area contributed by atoms with E-state index in [2.05, 4.69) is 10.3 Å². The molecule has 1 fully saturated rings. The first-order chi connectivity index (χ1) is 24.6. The summed E-state index contributed by atoms with van der Waals surface area (Å²) < 4.78 is 6.04. The minimum atomic E-state index is -2.21. The molecule has 1 aliphatic heterocycles. The number of likely N-dealkylation sites (tertiary alicyclic amines) is 1. The molecule has 1 aliphatic rings. The fourth-order valence-corrected chi connectivity index (χ4v) is 6.55. The van der Waals surface area contributed by atoms with Crippen molar-refractivity contribution >= 4 is 22.8 Å². The number of aliphatic hydroxyl groups is 2. The number of rotatable bonds is 13. The van der Waals surface area contributed by atoms with E-state index in [-0.39, 0.29) is 40.8 Å². The lowest BCUT2D eigenvalue weighted by atomic mass is 9.86. The molecule has 4 aromatic carbocycles. The second-order valence-electron chi connectivity index (χ2n) is 12.9. The van der Waals surface area contributed by atoms with Gasteiger partial charge in [0.2, 0.25) is 11.2 Å². The Hall–Kier alpha value is -5.49. The molecule has 11 heteroatoms. The van der Waals surface area contributed by atoms with Crippen molar-refractivity contribution in [1.29, 1.82) is 0 Å². The van der Waals surface area contributed by atoms with Crippen molar-refractivity contribution in [3.05, 3.63) is 141 Å². The zero-order chi connectivity index (χ0) is 36.0. The lowest BCUT2D eigenvalue weighted by Crippen LogP contribution is -2.39. The number of aromatic amines is 1. The first-order valence-corrected chi connectivity index (χ1v) is 17.0. The molecule has 0 spiro atoms. The topological polar surface area (TPSA) is 172 Å². The summed E-state index contributed by atoms with van der Waals surface area (Å²) in [5.41, 5.74) is 0.495. The second-order valence-corrected chi connectivity index (χ2v) is 12.9. The number of benzene rings is 4. The lowest BCUT2D eigenvalue weighted by molar-refractivity contribution is -0.155. The Kier molecular flexibility index (Phi) is 10.8. The second kappa shape index (κ2) is 15.6. The lowest BCUT2D eigenvalue weighted by Gasteiger charge is -2.32. The van der Waals surface area contributed by atoms with Crippen LogP contribution in [-0.4, -0.2) is 75.0 Å². The summed E-state index contributed by atoms with van der Waals surface area (Å²) in [6, 6.07) is 28.4. The number of carbonyl (C=O) groups is 2. The van der Waals surface area contributed by atoms with Crippen molar-refractivity contribution in [2.45, 2.75) is 31.0 Å². The van der Waals surface area contributed by atoms with Gasteiger partial charge in [0.05, 0.1) is 18.2 Å². The number of aliphatic hydroxyl groups excluding tert-OH is 1. The third-order valence-corrected chi connectivity index (χ3v) is 9.54. The van der Waals surface area contributed by atoms with Gasteiger partial charge in [-0.05, 0) is 84.8 Å². The number of aromatic hydroxyl groups is 1. The normalized spacial score (nSPS) is 15.3. The summed E-state index contributed by atoms with van der Waals surface area (Å²) in [6.07, 6.45) is 1.39. The standard InChI is InChI=1S/C40H41N3O8/c44-34-15-13-32(33-14-16-36(46)42-37(33)34)35(45)24-41-20-17-26-9-11-28(12-10-26)38(47)43-21-18-27(19-22-43)25-51-31-8-4-7-30(23-31)40(50,39(48)49)29-5-2-1-3-6-29/h1-16,23,27,35,41,44-45,50H,17-22,24-25H2,(H,42,46)(H,48,49)/t35-,40-/m0/s1. The fraction of sp³-hybridized carbons (Fsp3) is 0.275. The largest absolute Gasteiger partial charge is 0.506 e. The minimum absolute atomic E-state index is 0.0220. The van der Waals surface area contributed by atoms with E-state index in [0.29, 0.717) is 60.4 Å². The van der Waals surface area contributed by atoms with Crippen LogP contribution >= 0.6 is 0 Å². The van der Waals surface area contributed by atoms with Crippen LogP contribution in [0.5, 0.6) is 11.5 Å². The molecular weight excluding hydrogens is 650 g/mol. The molecule has 1 amide bonds. The molecule has 6 N–H and O–H groups in total. The number of carbonyl (C=O) groups excluding carboxylic acids is 1. The van der Waals surface area contributed by atoms with Crippen LogP contribution in [-0.2, 0) is 16.8 Å². The van der Waals surface area contributed by atoms with Crippen molar-refractivity contribution in [1.82, 2.24) is 15.2 Å². The maximum atomic E-state index is 13.3. The van der Waals surface area contributed by atoms with Gasteiger partial charge in [-0.15, -0.1) is 0 Å². The van der Waals surface area contributed by atoms with Crippen LogP contribution in [0.1, 0.15) is 51.6 Å². The predicted octanol–water partition coefficient (Wildman–Crippen LogP) is 4.35. The number of nitrogens with zero attached hydrogens (tertiary/aromatic N) is 1. The van der Waals surface area contributed by atoms with Gasteiger partial charge in [0, 0.05) is 42.2 Å². The summed E-state index contributed by atoms with van der Waals surface area (Å²) in [5.74, 6) is -0.758. The average Bonchev–Trinajstić information content (AvgIpc) is 3.16.